The minimum absolute atomic E-state index is 0.230. The van der Waals surface area contributed by atoms with Crippen LogP contribution in [0.25, 0.3) is 0 Å². The van der Waals surface area contributed by atoms with E-state index in [2.05, 4.69) is 11.9 Å². The Morgan fingerprint density at radius 3 is 3.00 bits per heavy atom. The second-order valence-corrected chi connectivity index (χ2v) is 3.64. The van der Waals surface area contributed by atoms with Gasteiger partial charge in [-0.3, -0.25) is 0 Å². The maximum absolute atomic E-state index is 8.64. The summed E-state index contributed by atoms with van der Waals surface area (Å²) in [5.74, 6) is 0. The Kier molecular flexibility index (Phi) is 3.52. The van der Waals surface area contributed by atoms with E-state index in [0.29, 0.717) is 0 Å². The van der Waals surface area contributed by atoms with Crippen LogP contribution in [-0.4, -0.2) is 16.7 Å². The Labute approximate surface area is 70.9 Å². The van der Waals surface area contributed by atoms with Crippen LogP contribution in [0.1, 0.15) is 23.2 Å². The normalized spacial score (nSPS) is 10.4. The molecule has 0 aliphatic carbocycles. The maximum Gasteiger partial charge on any atom is 0.0927 e. The molecule has 0 saturated carbocycles. The molecular formula is C8H13NOS. The van der Waals surface area contributed by atoms with Gasteiger partial charge in [0.15, 0.2) is 0 Å². The molecule has 62 valence electrons. The van der Waals surface area contributed by atoms with Gasteiger partial charge in [-0.15, -0.1) is 11.3 Å². The van der Waals surface area contributed by atoms with E-state index >= 15 is 0 Å². The van der Waals surface area contributed by atoms with Gasteiger partial charge in [0, 0.05) is 24.1 Å². The van der Waals surface area contributed by atoms with Gasteiger partial charge < -0.3 is 5.11 Å². The average molecular weight is 171 g/mol. The van der Waals surface area contributed by atoms with Crippen LogP contribution in [0.4, 0.5) is 0 Å². The van der Waals surface area contributed by atoms with Crippen molar-refractivity contribution in [1.29, 1.82) is 0 Å². The van der Waals surface area contributed by atoms with Crippen LogP contribution in [0.5, 0.6) is 0 Å². The van der Waals surface area contributed by atoms with Gasteiger partial charge >= 0.3 is 0 Å². The number of aryl methyl sites for hydroxylation is 1. The Bertz CT molecular complexity index is 189. The molecule has 0 amide bonds. The molecule has 0 fully saturated rings. The van der Waals surface area contributed by atoms with Gasteiger partial charge in [0.1, 0.15) is 0 Å². The Balaban J connectivity index is 2.51. The predicted molar refractivity (Wildman–Crippen MR) is 46.9 cm³/mol. The molecule has 0 unspecified atom stereocenters. The summed E-state index contributed by atoms with van der Waals surface area (Å²) in [6.07, 6.45) is 4.83. The quantitative estimate of drug-likeness (QED) is 0.747. The van der Waals surface area contributed by atoms with Crippen LogP contribution >= 0.6 is 11.3 Å². The molecule has 0 radical (unpaired) electrons. The van der Waals surface area contributed by atoms with Gasteiger partial charge in [-0.25, -0.2) is 4.98 Å². The summed E-state index contributed by atoms with van der Waals surface area (Å²) < 4.78 is 0. The van der Waals surface area contributed by atoms with Crippen molar-refractivity contribution >= 4 is 11.3 Å². The lowest BCUT2D eigenvalue weighted by molar-refractivity contribution is 0.300. The molecule has 1 rings (SSSR count). The molecule has 1 aromatic rings. The molecule has 11 heavy (non-hydrogen) atoms. The molecule has 0 saturated heterocycles. The van der Waals surface area contributed by atoms with Gasteiger partial charge in [-0.05, 0) is 12.8 Å². The fourth-order valence-corrected chi connectivity index (χ4v) is 1.92. The van der Waals surface area contributed by atoms with E-state index < -0.39 is 0 Å². The summed E-state index contributed by atoms with van der Waals surface area (Å²) in [6.45, 7) is 2.38. The number of hydrogen-bond acceptors (Lipinski definition) is 3. The summed E-state index contributed by atoms with van der Waals surface area (Å²) in [6, 6.07) is 0. The lowest BCUT2D eigenvalue weighted by atomic mass is 10.4. The van der Waals surface area contributed by atoms with E-state index in [1.54, 1.807) is 11.3 Å². The lowest BCUT2D eigenvalue weighted by Crippen LogP contribution is -1.84. The number of aliphatic hydroxyl groups is 1. The van der Waals surface area contributed by atoms with Crippen molar-refractivity contribution in [2.24, 2.45) is 0 Å². The third-order valence-electron chi connectivity index (χ3n) is 1.42. The fraction of sp³-hybridized carbons (Fsp3) is 0.625. The van der Waals surface area contributed by atoms with Crippen molar-refractivity contribution < 1.29 is 5.11 Å². The molecule has 0 bridgehead atoms. The summed E-state index contributed by atoms with van der Waals surface area (Å²) in [5.41, 5.74) is 0. The molecule has 0 spiro atoms. The van der Waals surface area contributed by atoms with E-state index in [1.807, 2.05) is 6.20 Å². The molecule has 0 aliphatic heterocycles. The fourth-order valence-electron chi connectivity index (χ4n) is 0.903. The van der Waals surface area contributed by atoms with E-state index in [-0.39, 0.29) is 6.61 Å². The van der Waals surface area contributed by atoms with E-state index in [9.17, 15) is 0 Å². The molecule has 0 aliphatic rings. The average Bonchev–Trinajstić information content (AvgIpc) is 2.38. The first-order chi connectivity index (χ1) is 5.36. The zero-order valence-corrected chi connectivity index (χ0v) is 7.52. The maximum atomic E-state index is 8.64. The SMILES string of the molecule is CCCc1ncc(CCO)s1. The number of hydrogen-bond donors (Lipinski definition) is 1. The summed E-state index contributed by atoms with van der Waals surface area (Å²) in [7, 11) is 0. The molecule has 0 aromatic carbocycles. The van der Waals surface area contributed by atoms with Gasteiger partial charge in [0.25, 0.3) is 0 Å². The molecule has 1 N–H and O–H groups in total. The zero-order valence-electron chi connectivity index (χ0n) is 6.71. The largest absolute Gasteiger partial charge is 0.396 e. The third kappa shape index (κ3) is 2.60. The van der Waals surface area contributed by atoms with Crippen LogP contribution < -0.4 is 0 Å². The highest BCUT2D eigenvalue weighted by molar-refractivity contribution is 7.11. The first kappa shape index (κ1) is 8.68. The smallest absolute Gasteiger partial charge is 0.0927 e. The highest BCUT2D eigenvalue weighted by Gasteiger charge is 1.99. The molecule has 3 heteroatoms. The van der Waals surface area contributed by atoms with Crippen molar-refractivity contribution in [3.05, 3.63) is 16.1 Å². The number of thiazole rings is 1. The van der Waals surface area contributed by atoms with Crippen LogP contribution in [0.2, 0.25) is 0 Å². The number of rotatable bonds is 4. The van der Waals surface area contributed by atoms with Crippen molar-refractivity contribution in [3.63, 3.8) is 0 Å². The summed E-state index contributed by atoms with van der Waals surface area (Å²) in [5, 5.41) is 9.83. The van der Waals surface area contributed by atoms with Crippen LogP contribution in [0, 0.1) is 0 Å². The van der Waals surface area contributed by atoms with Gasteiger partial charge in [0.2, 0.25) is 0 Å². The predicted octanol–water partition coefficient (Wildman–Crippen LogP) is 1.63. The zero-order chi connectivity index (χ0) is 8.10. The topological polar surface area (TPSA) is 33.1 Å². The van der Waals surface area contributed by atoms with Crippen molar-refractivity contribution in [2.75, 3.05) is 6.61 Å². The standard InChI is InChI=1S/C8H13NOS/c1-2-3-8-9-6-7(11-8)4-5-10/h6,10H,2-5H2,1H3. The second kappa shape index (κ2) is 4.46. The van der Waals surface area contributed by atoms with Gasteiger partial charge in [0.05, 0.1) is 5.01 Å². The summed E-state index contributed by atoms with van der Waals surface area (Å²) in [4.78, 5) is 5.42. The summed E-state index contributed by atoms with van der Waals surface area (Å²) >= 11 is 1.71. The third-order valence-corrected chi connectivity index (χ3v) is 2.54. The van der Waals surface area contributed by atoms with Crippen molar-refractivity contribution in [3.8, 4) is 0 Å². The molecule has 0 atom stereocenters. The van der Waals surface area contributed by atoms with Crippen molar-refractivity contribution in [1.82, 2.24) is 4.98 Å². The molecule has 1 heterocycles. The highest BCUT2D eigenvalue weighted by atomic mass is 32.1. The molecular weight excluding hydrogens is 158 g/mol. The number of aromatic nitrogens is 1. The van der Waals surface area contributed by atoms with Crippen LogP contribution in [0.15, 0.2) is 6.20 Å². The monoisotopic (exact) mass is 171 g/mol. The molecule has 1 aromatic heterocycles. The first-order valence-electron chi connectivity index (χ1n) is 3.91. The minimum atomic E-state index is 0.230. The Hall–Kier alpha value is -0.410. The number of aliphatic hydroxyl groups excluding tert-OH is 1. The number of nitrogens with zero attached hydrogens (tertiary/aromatic N) is 1. The Morgan fingerprint density at radius 1 is 1.55 bits per heavy atom. The second-order valence-electron chi connectivity index (χ2n) is 2.44. The van der Waals surface area contributed by atoms with E-state index in [1.165, 1.54) is 9.88 Å². The van der Waals surface area contributed by atoms with E-state index in [4.69, 9.17) is 5.11 Å². The minimum Gasteiger partial charge on any atom is -0.396 e. The first-order valence-corrected chi connectivity index (χ1v) is 4.73. The molecule has 2 nitrogen and oxygen atoms in total. The van der Waals surface area contributed by atoms with E-state index in [0.717, 1.165) is 19.3 Å². The Morgan fingerprint density at radius 2 is 2.36 bits per heavy atom. The van der Waals surface area contributed by atoms with Crippen molar-refractivity contribution in [2.45, 2.75) is 26.2 Å². The van der Waals surface area contributed by atoms with Crippen LogP contribution in [-0.2, 0) is 12.8 Å². The lowest BCUT2D eigenvalue weighted by Gasteiger charge is -1.88. The van der Waals surface area contributed by atoms with Crippen LogP contribution in [0.3, 0.4) is 0 Å². The van der Waals surface area contributed by atoms with Gasteiger partial charge in [-0.1, -0.05) is 6.92 Å². The highest BCUT2D eigenvalue weighted by Crippen LogP contribution is 2.14. The van der Waals surface area contributed by atoms with Gasteiger partial charge in [-0.2, -0.15) is 0 Å².